The van der Waals surface area contributed by atoms with Gasteiger partial charge < -0.3 is 10.4 Å². The average Bonchev–Trinajstić information content (AvgIpc) is 2.90. The van der Waals surface area contributed by atoms with E-state index in [0.29, 0.717) is 6.54 Å². The van der Waals surface area contributed by atoms with E-state index in [1.807, 2.05) is 36.9 Å². The van der Waals surface area contributed by atoms with Gasteiger partial charge in [-0.25, -0.2) is 0 Å². The van der Waals surface area contributed by atoms with Crippen LogP contribution in [-0.2, 0) is 6.42 Å². The predicted octanol–water partition coefficient (Wildman–Crippen LogP) is 1.54. The first-order valence-corrected chi connectivity index (χ1v) is 6.93. The van der Waals surface area contributed by atoms with Crippen LogP contribution in [0.25, 0.3) is 0 Å². The van der Waals surface area contributed by atoms with Crippen molar-refractivity contribution in [2.45, 2.75) is 26.3 Å². The number of aliphatic hydroxyl groups excluding tert-OH is 1. The molecule has 4 heteroatoms. The van der Waals surface area contributed by atoms with Gasteiger partial charge in [-0.05, 0) is 43.7 Å². The van der Waals surface area contributed by atoms with Crippen LogP contribution >= 0.6 is 0 Å². The summed E-state index contributed by atoms with van der Waals surface area (Å²) in [6.45, 7) is 6.25. The van der Waals surface area contributed by atoms with Crippen LogP contribution in [0.2, 0.25) is 0 Å². The minimum atomic E-state index is -0.190. The lowest BCUT2D eigenvalue weighted by Crippen LogP contribution is -2.40. The predicted molar refractivity (Wildman–Crippen MR) is 76.8 cm³/mol. The summed E-state index contributed by atoms with van der Waals surface area (Å²) < 4.78 is 0. The van der Waals surface area contributed by atoms with E-state index >= 15 is 0 Å². The van der Waals surface area contributed by atoms with Crippen molar-refractivity contribution in [2.75, 3.05) is 31.6 Å². The highest BCUT2D eigenvalue weighted by Crippen LogP contribution is 2.24. The number of aliphatic hydroxyl groups is 1. The van der Waals surface area contributed by atoms with Crippen LogP contribution in [-0.4, -0.2) is 48.1 Å². The molecule has 0 aromatic heterocycles. The molecule has 0 amide bonds. The Hall–Kier alpha value is -1.39. The molecule has 4 nitrogen and oxygen atoms in total. The molecule has 104 valence electrons. The van der Waals surface area contributed by atoms with Gasteiger partial charge in [0.25, 0.3) is 0 Å². The number of nitrogens with zero attached hydrogens (tertiary/aromatic N) is 1. The van der Waals surface area contributed by atoms with Crippen LogP contribution in [0.1, 0.15) is 29.8 Å². The van der Waals surface area contributed by atoms with Crippen molar-refractivity contribution < 1.29 is 9.90 Å². The Balaban J connectivity index is 2.14. The third kappa shape index (κ3) is 2.96. The Morgan fingerprint density at radius 3 is 3.00 bits per heavy atom. The molecule has 0 saturated heterocycles. The van der Waals surface area contributed by atoms with E-state index in [0.717, 1.165) is 30.8 Å². The monoisotopic (exact) mass is 262 g/mol. The van der Waals surface area contributed by atoms with Crippen molar-refractivity contribution in [2.24, 2.45) is 0 Å². The van der Waals surface area contributed by atoms with E-state index in [9.17, 15) is 4.79 Å². The highest BCUT2D eigenvalue weighted by atomic mass is 16.3. The maximum Gasteiger partial charge on any atom is 0.179 e. The fourth-order valence-corrected chi connectivity index (χ4v) is 2.62. The summed E-state index contributed by atoms with van der Waals surface area (Å²) in [4.78, 5) is 14.5. The summed E-state index contributed by atoms with van der Waals surface area (Å²) in [6, 6.07) is 5.69. The lowest BCUT2D eigenvalue weighted by molar-refractivity contribution is 0.0817. The number of ketones is 1. The number of fused-ring (bicyclic) bond motifs is 1. The summed E-state index contributed by atoms with van der Waals surface area (Å²) >= 11 is 0. The van der Waals surface area contributed by atoms with Crippen LogP contribution in [0.4, 0.5) is 5.69 Å². The molecular formula is C15H22N2O2. The van der Waals surface area contributed by atoms with E-state index in [2.05, 4.69) is 5.32 Å². The van der Waals surface area contributed by atoms with Gasteiger partial charge in [-0.2, -0.15) is 0 Å². The van der Waals surface area contributed by atoms with Gasteiger partial charge in [0, 0.05) is 24.3 Å². The molecule has 1 aliphatic heterocycles. The van der Waals surface area contributed by atoms with Crippen LogP contribution < -0.4 is 5.32 Å². The van der Waals surface area contributed by atoms with Crippen molar-refractivity contribution >= 4 is 11.5 Å². The Morgan fingerprint density at radius 2 is 2.32 bits per heavy atom. The zero-order valence-electron chi connectivity index (χ0n) is 11.6. The molecule has 1 aliphatic rings. The molecule has 0 bridgehead atoms. The normalized spacial score (nSPS) is 15.2. The standard InChI is InChI=1S/C15H22N2O2/c1-3-17(8-9-18)11(2)15(19)13-4-5-14-12(10-13)6-7-16-14/h4-5,10-11,16,18H,3,6-9H2,1-2H3. The van der Waals surface area contributed by atoms with E-state index in [-0.39, 0.29) is 18.4 Å². The van der Waals surface area contributed by atoms with E-state index < -0.39 is 0 Å². The Morgan fingerprint density at radius 1 is 1.53 bits per heavy atom. The summed E-state index contributed by atoms with van der Waals surface area (Å²) in [6.07, 6.45) is 0.985. The van der Waals surface area contributed by atoms with Crippen molar-refractivity contribution in [3.63, 3.8) is 0 Å². The number of Topliss-reactive ketones (excluding diaryl/α,β-unsaturated/α-hetero) is 1. The van der Waals surface area contributed by atoms with Crippen molar-refractivity contribution in [1.82, 2.24) is 4.90 Å². The van der Waals surface area contributed by atoms with Gasteiger partial charge in [0.15, 0.2) is 5.78 Å². The quantitative estimate of drug-likeness (QED) is 0.764. The Bertz CT molecular complexity index is 459. The third-order valence-electron chi connectivity index (χ3n) is 3.82. The minimum absolute atomic E-state index is 0.0829. The molecule has 0 spiro atoms. The van der Waals surface area contributed by atoms with Crippen LogP contribution in [0, 0.1) is 0 Å². The topological polar surface area (TPSA) is 52.6 Å². The van der Waals surface area contributed by atoms with Crippen LogP contribution in [0.3, 0.4) is 0 Å². The SMILES string of the molecule is CCN(CCO)C(C)C(=O)c1ccc2c(c1)CCN2. The highest BCUT2D eigenvalue weighted by Gasteiger charge is 2.22. The number of anilines is 1. The number of carbonyl (C=O) groups excluding carboxylic acids is 1. The summed E-state index contributed by atoms with van der Waals surface area (Å²) in [7, 11) is 0. The number of nitrogens with one attached hydrogen (secondary N) is 1. The van der Waals surface area contributed by atoms with E-state index in [1.165, 1.54) is 5.56 Å². The van der Waals surface area contributed by atoms with Gasteiger partial charge in [0.05, 0.1) is 12.6 Å². The summed E-state index contributed by atoms with van der Waals surface area (Å²) in [5.74, 6) is 0.130. The fourth-order valence-electron chi connectivity index (χ4n) is 2.62. The second kappa shape index (κ2) is 6.17. The van der Waals surface area contributed by atoms with Crippen LogP contribution in [0.15, 0.2) is 18.2 Å². The molecule has 0 fully saturated rings. The van der Waals surface area contributed by atoms with Crippen molar-refractivity contribution in [3.8, 4) is 0 Å². The van der Waals surface area contributed by atoms with Gasteiger partial charge in [-0.3, -0.25) is 9.69 Å². The van der Waals surface area contributed by atoms with Gasteiger partial charge in [0.2, 0.25) is 0 Å². The van der Waals surface area contributed by atoms with Gasteiger partial charge in [0.1, 0.15) is 0 Å². The molecular weight excluding hydrogens is 240 g/mol. The third-order valence-corrected chi connectivity index (χ3v) is 3.82. The fraction of sp³-hybridized carbons (Fsp3) is 0.533. The Labute approximate surface area is 114 Å². The van der Waals surface area contributed by atoms with Gasteiger partial charge in [-0.1, -0.05) is 6.92 Å². The number of benzene rings is 1. The molecule has 1 aromatic carbocycles. The number of carbonyl (C=O) groups is 1. The zero-order valence-corrected chi connectivity index (χ0v) is 11.6. The van der Waals surface area contributed by atoms with Crippen molar-refractivity contribution in [1.29, 1.82) is 0 Å². The van der Waals surface area contributed by atoms with Crippen LogP contribution in [0.5, 0.6) is 0 Å². The number of likely N-dealkylation sites (N-methyl/N-ethyl adjacent to an activating group) is 1. The lowest BCUT2D eigenvalue weighted by atomic mass is 10.0. The first-order valence-electron chi connectivity index (χ1n) is 6.93. The number of rotatable bonds is 6. The summed E-state index contributed by atoms with van der Waals surface area (Å²) in [5, 5.41) is 12.3. The molecule has 0 radical (unpaired) electrons. The molecule has 2 N–H and O–H groups in total. The second-order valence-corrected chi connectivity index (χ2v) is 4.94. The molecule has 0 aliphatic carbocycles. The maximum atomic E-state index is 12.5. The number of hydrogen-bond acceptors (Lipinski definition) is 4. The van der Waals surface area contributed by atoms with E-state index in [4.69, 9.17) is 5.11 Å². The smallest absolute Gasteiger partial charge is 0.179 e. The molecule has 19 heavy (non-hydrogen) atoms. The largest absolute Gasteiger partial charge is 0.395 e. The molecule has 2 rings (SSSR count). The first-order chi connectivity index (χ1) is 9.17. The van der Waals surface area contributed by atoms with Gasteiger partial charge >= 0.3 is 0 Å². The molecule has 1 unspecified atom stereocenters. The van der Waals surface area contributed by atoms with E-state index in [1.54, 1.807) is 0 Å². The van der Waals surface area contributed by atoms with Crippen molar-refractivity contribution in [3.05, 3.63) is 29.3 Å². The molecule has 1 atom stereocenters. The second-order valence-electron chi connectivity index (χ2n) is 4.94. The maximum absolute atomic E-state index is 12.5. The average molecular weight is 262 g/mol. The molecule has 1 aromatic rings. The number of hydrogen-bond donors (Lipinski definition) is 2. The minimum Gasteiger partial charge on any atom is -0.395 e. The van der Waals surface area contributed by atoms with Gasteiger partial charge in [-0.15, -0.1) is 0 Å². The molecule has 0 saturated carbocycles. The molecule has 1 heterocycles. The highest BCUT2D eigenvalue weighted by molar-refractivity contribution is 6.00. The first kappa shape index (κ1) is 14.0. The summed E-state index contributed by atoms with van der Waals surface area (Å²) in [5.41, 5.74) is 3.14. The lowest BCUT2D eigenvalue weighted by Gasteiger charge is -2.26. The zero-order chi connectivity index (χ0) is 13.8. The Kier molecular flexibility index (Phi) is 4.56.